The van der Waals surface area contributed by atoms with Crippen LogP contribution in [0.3, 0.4) is 0 Å². The van der Waals surface area contributed by atoms with Crippen molar-refractivity contribution in [1.82, 2.24) is 4.90 Å². The molecule has 1 N–H and O–H groups in total. The summed E-state index contributed by atoms with van der Waals surface area (Å²) in [7, 11) is 0. The third kappa shape index (κ3) is 4.05. The van der Waals surface area contributed by atoms with Gasteiger partial charge < -0.3 is 10.0 Å². The third-order valence-corrected chi connectivity index (χ3v) is 4.73. The molecule has 0 radical (unpaired) electrons. The maximum absolute atomic E-state index is 10.4. The summed E-state index contributed by atoms with van der Waals surface area (Å²) in [5.41, 5.74) is 3.47. The first-order valence-electron chi connectivity index (χ1n) is 8.10. The molecule has 3 rings (SSSR count). The fraction of sp³-hybridized carbons (Fsp3) is 0.368. The summed E-state index contributed by atoms with van der Waals surface area (Å²) in [5.74, 6) is 0. The summed E-state index contributed by atoms with van der Waals surface area (Å²) >= 11 is 6.13. The van der Waals surface area contributed by atoms with Gasteiger partial charge in [0, 0.05) is 43.4 Å². The lowest BCUT2D eigenvalue weighted by Gasteiger charge is -2.37. The van der Waals surface area contributed by atoms with Gasteiger partial charge in [-0.05, 0) is 30.2 Å². The van der Waals surface area contributed by atoms with E-state index in [1.54, 1.807) is 0 Å². The minimum atomic E-state index is -0.421. The molecule has 2 aromatic carbocycles. The van der Waals surface area contributed by atoms with Gasteiger partial charge in [-0.1, -0.05) is 48.0 Å². The molecule has 122 valence electrons. The lowest BCUT2D eigenvalue weighted by molar-refractivity contribution is 0.109. The first-order valence-corrected chi connectivity index (χ1v) is 8.48. The van der Waals surface area contributed by atoms with Crippen LogP contribution in [0.25, 0.3) is 0 Å². The number of halogens is 1. The molecule has 23 heavy (non-hydrogen) atoms. The van der Waals surface area contributed by atoms with E-state index in [1.807, 2.05) is 42.5 Å². The summed E-state index contributed by atoms with van der Waals surface area (Å²) < 4.78 is 0. The molecule has 0 spiro atoms. The quantitative estimate of drug-likeness (QED) is 0.929. The average Bonchev–Trinajstić information content (AvgIpc) is 2.58. The van der Waals surface area contributed by atoms with Gasteiger partial charge in [0.15, 0.2) is 0 Å². The highest BCUT2D eigenvalue weighted by Crippen LogP contribution is 2.25. The van der Waals surface area contributed by atoms with Crippen molar-refractivity contribution in [2.24, 2.45) is 0 Å². The Hall–Kier alpha value is -1.55. The van der Waals surface area contributed by atoms with Crippen molar-refractivity contribution in [2.75, 3.05) is 37.6 Å². The number of hydrogen-bond acceptors (Lipinski definition) is 3. The first kappa shape index (κ1) is 16.3. The van der Waals surface area contributed by atoms with Crippen LogP contribution in [0.5, 0.6) is 0 Å². The van der Waals surface area contributed by atoms with Crippen molar-refractivity contribution < 1.29 is 5.11 Å². The zero-order valence-electron chi connectivity index (χ0n) is 13.5. The van der Waals surface area contributed by atoms with E-state index in [1.165, 1.54) is 11.3 Å². The molecule has 1 aliphatic heterocycles. The van der Waals surface area contributed by atoms with Gasteiger partial charge in [-0.25, -0.2) is 0 Å². The average molecular weight is 331 g/mol. The van der Waals surface area contributed by atoms with Gasteiger partial charge in [0.05, 0.1) is 6.10 Å². The standard InChI is InChI=1S/C19H23ClN2O/c1-15-7-8-17(20)13-18(15)22-11-9-21(10-12-22)14-19(23)16-5-3-2-4-6-16/h2-8,13,19,23H,9-12,14H2,1H3/t19-/m1/s1. The van der Waals surface area contributed by atoms with Crippen LogP contribution in [0.1, 0.15) is 17.2 Å². The third-order valence-electron chi connectivity index (χ3n) is 4.50. The van der Waals surface area contributed by atoms with E-state index in [0.29, 0.717) is 6.54 Å². The molecule has 1 aliphatic rings. The lowest BCUT2D eigenvalue weighted by atomic mass is 10.1. The highest BCUT2D eigenvalue weighted by Gasteiger charge is 2.21. The topological polar surface area (TPSA) is 26.7 Å². The fourth-order valence-corrected chi connectivity index (χ4v) is 3.29. The summed E-state index contributed by atoms with van der Waals surface area (Å²) in [6.45, 7) is 6.64. The molecule has 0 bridgehead atoms. The molecule has 2 aromatic rings. The van der Waals surface area contributed by atoms with Gasteiger partial charge in [-0.3, -0.25) is 4.90 Å². The van der Waals surface area contributed by atoms with Crippen molar-refractivity contribution in [1.29, 1.82) is 0 Å². The molecule has 0 unspecified atom stereocenters. The first-order chi connectivity index (χ1) is 11.1. The second-order valence-corrected chi connectivity index (χ2v) is 6.58. The van der Waals surface area contributed by atoms with Crippen molar-refractivity contribution >= 4 is 17.3 Å². The van der Waals surface area contributed by atoms with Gasteiger partial charge in [-0.2, -0.15) is 0 Å². The summed E-state index contributed by atoms with van der Waals surface area (Å²) in [6, 6.07) is 15.9. The number of piperazine rings is 1. The van der Waals surface area contributed by atoms with Gasteiger partial charge in [0.1, 0.15) is 0 Å². The van der Waals surface area contributed by atoms with Gasteiger partial charge in [-0.15, -0.1) is 0 Å². The molecule has 1 atom stereocenters. The molecule has 0 saturated carbocycles. The van der Waals surface area contributed by atoms with Crippen LogP contribution in [-0.4, -0.2) is 42.7 Å². The molecule has 4 heteroatoms. The molecule has 1 fully saturated rings. The molecule has 0 amide bonds. The minimum absolute atomic E-state index is 0.421. The minimum Gasteiger partial charge on any atom is -0.387 e. The van der Waals surface area contributed by atoms with E-state index in [2.05, 4.69) is 22.8 Å². The van der Waals surface area contributed by atoms with Crippen LogP contribution >= 0.6 is 11.6 Å². The van der Waals surface area contributed by atoms with Crippen LogP contribution < -0.4 is 4.90 Å². The summed E-state index contributed by atoms with van der Waals surface area (Å²) in [5, 5.41) is 11.1. The molecule has 1 saturated heterocycles. The van der Waals surface area contributed by atoms with E-state index in [4.69, 9.17) is 11.6 Å². The van der Waals surface area contributed by atoms with Gasteiger partial charge >= 0.3 is 0 Å². The normalized spacial score (nSPS) is 17.3. The van der Waals surface area contributed by atoms with E-state index < -0.39 is 6.10 Å². The number of benzene rings is 2. The molecule has 3 nitrogen and oxygen atoms in total. The Morgan fingerprint density at radius 3 is 2.43 bits per heavy atom. The van der Waals surface area contributed by atoms with E-state index >= 15 is 0 Å². The predicted octanol–water partition coefficient (Wildman–Crippen LogP) is 3.50. The number of aliphatic hydroxyl groups is 1. The number of aryl methyl sites for hydroxylation is 1. The van der Waals surface area contributed by atoms with Crippen molar-refractivity contribution in [3.05, 3.63) is 64.7 Å². The Balaban J connectivity index is 1.57. The number of aliphatic hydroxyl groups excluding tert-OH is 1. The molecule has 1 heterocycles. The van der Waals surface area contributed by atoms with Crippen molar-refractivity contribution in [3.63, 3.8) is 0 Å². The van der Waals surface area contributed by atoms with Crippen LogP contribution in [-0.2, 0) is 0 Å². The number of anilines is 1. The molecule has 0 aliphatic carbocycles. The number of nitrogens with zero attached hydrogens (tertiary/aromatic N) is 2. The largest absolute Gasteiger partial charge is 0.387 e. The zero-order chi connectivity index (χ0) is 16.2. The molecule has 0 aromatic heterocycles. The van der Waals surface area contributed by atoms with Crippen LogP contribution in [0.15, 0.2) is 48.5 Å². The Kier molecular flexibility index (Phi) is 5.21. The smallest absolute Gasteiger partial charge is 0.0916 e. The van der Waals surface area contributed by atoms with Crippen LogP contribution in [0, 0.1) is 6.92 Å². The van der Waals surface area contributed by atoms with E-state index in [-0.39, 0.29) is 0 Å². The van der Waals surface area contributed by atoms with E-state index in [9.17, 15) is 5.11 Å². The number of β-amino-alcohol motifs (C(OH)–C–C–N with tert-alkyl or cyclic N) is 1. The Morgan fingerprint density at radius 1 is 1.04 bits per heavy atom. The summed E-state index contributed by atoms with van der Waals surface area (Å²) in [4.78, 5) is 4.71. The Bertz CT molecular complexity index is 639. The van der Waals surface area contributed by atoms with Crippen molar-refractivity contribution in [2.45, 2.75) is 13.0 Å². The SMILES string of the molecule is Cc1ccc(Cl)cc1N1CCN(C[C@@H](O)c2ccccc2)CC1. The Morgan fingerprint density at radius 2 is 1.74 bits per heavy atom. The van der Waals surface area contributed by atoms with E-state index in [0.717, 1.165) is 36.8 Å². The molecular formula is C19H23ClN2O. The lowest BCUT2D eigenvalue weighted by Crippen LogP contribution is -2.47. The van der Waals surface area contributed by atoms with Gasteiger partial charge in [0.2, 0.25) is 0 Å². The fourth-order valence-electron chi connectivity index (χ4n) is 3.12. The molecular weight excluding hydrogens is 308 g/mol. The monoisotopic (exact) mass is 330 g/mol. The van der Waals surface area contributed by atoms with Gasteiger partial charge in [0.25, 0.3) is 0 Å². The second kappa shape index (κ2) is 7.35. The maximum Gasteiger partial charge on any atom is 0.0916 e. The highest BCUT2D eigenvalue weighted by atomic mass is 35.5. The summed E-state index contributed by atoms with van der Waals surface area (Å²) in [6.07, 6.45) is -0.421. The second-order valence-electron chi connectivity index (χ2n) is 6.14. The van der Waals surface area contributed by atoms with Crippen LogP contribution in [0.4, 0.5) is 5.69 Å². The predicted molar refractivity (Wildman–Crippen MR) is 96.2 cm³/mol. The Labute approximate surface area is 143 Å². The zero-order valence-corrected chi connectivity index (χ0v) is 14.2. The number of rotatable bonds is 4. The maximum atomic E-state index is 10.4. The highest BCUT2D eigenvalue weighted by molar-refractivity contribution is 6.30. The van der Waals surface area contributed by atoms with Crippen LogP contribution in [0.2, 0.25) is 5.02 Å². The van der Waals surface area contributed by atoms with Crippen molar-refractivity contribution in [3.8, 4) is 0 Å². The number of hydrogen-bond donors (Lipinski definition) is 1.